The summed E-state index contributed by atoms with van der Waals surface area (Å²) in [5.41, 5.74) is 5.69. The van der Waals surface area contributed by atoms with E-state index in [1.165, 1.54) is 6.92 Å². The first-order chi connectivity index (χ1) is 5.56. The van der Waals surface area contributed by atoms with E-state index in [-0.39, 0.29) is 6.54 Å². The molecule has 2 heteroatoms. The molecule has 0 amide bonds. The Labute approximate surface area is 72.4 Å². The fourth-order valence-corrected chi connectivity index (χ4v) is 1.02. The fourth-order valence-electron chi connectivity index (χ4n) is 1.02. The van der Waals surface area contributed by atoms with Crippen LogP contribution in [0, 0.1) is 6.92 Å². The lowest BCUT2D eigenvalue weighted by molar-refractivity contribution is 0.203. The number of halogens is 1. The first-order valence-electron chi connectivity index (χ1n) is 4.02. The van der Waals surface area contributed by atoms with Gasteiger partial charge in [-0.15, -0.1) is 0 Å². The number of benzene rings is 1. The fraction of sp³-hybridized carbons (Fsp3) is 0.400. The molecule has 2 N–H and O–H groups in total. The molecule has 0 bridgehead atoms. The first kappa shape index (κ1) is 9.20. The molecule has 0 aliphatic heterocycles. The lowest BCUT2D eigenvalue weighted by atomic mass is 9.97. The molecule has 1 atom stereocenters. The summed E-state index contributed by atoms with van der Waals surface area (Å²) in [6, 6.07) is 7.34. The van der Waals surface area contributed by atoms with Crippen LogP contribution < -0.4 is 5.73 Å². The van der Waals surface area contributed by atoms with Crippen LogP contribution in [0.2, 0.25) is 0 Å². The molecule has 1 rings (SSSR count). The summed E-state index contributed by atoms with van der Waals surface area (Å²) in [7, 11) is 0. The van der Waals surface area contributed by atoms with Gasteiger partial charge in [0.1, 0.15) is 5.67 Å². The second-order valence-corrected chi connectivity index (χ2v) is 3.27. The van der Waals surface area contributed by atoms with Crippen LogP contribution in [-0.4, -0.2) is 6.54 Å². The van der Waals surface area contributed by atoms with Crippen molar-refractivity contribution in [2.24, 2.45) is 5.73 Å². The minimum atomic E-state index is -1.40. The molecule has 0 saturated heterocycles. The minimum Gasteiger partial charge on any atom is -0.327 e. The van der Waals surface area contributed by atoms with E-state index >= 15 is 0 Å². The third-order valence-corrected chi connectivity index (χ3v) is 2.04. The van der Waals surface area contributed by atoms with E-state index < -0.39 is 5.67 Å². The Kier molecular flexibility index (Phi) is 2.48. The van der Waals surface area contributed by atoms with Crippen LogP contribution in [0.5, 0.6) is 0 Å². The summed E-state index contributed by atoms with van der Waals surface area (Å²) < 4.78 is 13.6. The largest absolute Gasteiger partial charge is 0.327 e. The van der Waals surface area contributed by atoms with Gasteiger partial charge in [-0.2, -0.15) is 0 Å². The molecule has 12 heavy (non-hydrogen) atoms. The van der Waals surface area contributed by atoms with Gasteiger partial charge in [-0.3, -0.25) is 0 Å². The van der Waals surface area contributed by atoms with Crippen molar-refractivity contribution >= 4 is 0 Å². The zero-order valence-corrected chi connectivity index (χ0v) is 7.47. The molecular weight excluding hydrogens is 153 g/mol. The highest BCUT2D eigenvalue weighted by Crippen LogP contribution is 2.23. The molecule has 1 aromatic carbocycles. The Balaban J connectivity index is 2.96. The van der Waals surface area contributed by atoms with Gasteiger partial charge in [-0.1, -0.05) is 29.8 Å². The van der Waals surface area contributed by atoms with Crippen LogP contribution in [0.4, 0.5) is 4.39 Å². The summed E-state index contributed by atoms with van der Waals surface area (Å²) in [6.07, 6.45) is 0. The molecular formula is C10H14FN. The van der Waals surface area contributed by atoms with E-state index in [4.69, 9.17) is 5.73 Å². The van der Waals surface area contributed by atoms with Gasteiger partial charge in [0.2, 0.25) is 0 Å². The Morgan fingerprint density at radius 2 is 1.83 bits per heavy atom. The Bertz CT molecular complexity index is 251. The van der Waals surface area contributed by atoms with E-state index in [1.54, 1.807) is 12.1 Å². The van der Waals surface area contributed by atoms with Crippen molar-refractivity contribution in [3.8, 4) is 0 Å². The maximum Gasteiger partial charge on any atom is 0.145 e. The molecule has 0 aliphatic rings. The molecule has 0 spiro atoms. The molecule has 0 radical (unpaired) electrons. The highest BCUT2D eigenvalue weighted by atomic mass is 19.1. The second-order valence-electron chi connectivity index (χ2n) is 3.27. The first-order valence-corrected chi connectivity index (χ1v) is 4.02. The van der Waals surface area contributed by atoms with Crippen molar-refractivity contribution in [3.63, 3.8) is 0 Å². The van der Waals surface area contributed by atoms with E-state index in [2.05, 4.69) is 0 Å². The van der Waals surface area contributed by atoms with Crippen LogP contribution in [-0.2, 0) is 5.67 Å². The molecule has 0 heterocycles. The molecule has 66 valence electrons. The summed E-state index contributed by atoms with van der Waals surface area (Å²) in [5, 5.41) is 0. The Hall–Kier alpha value is -0.890. The number of hydrogen-bond acceptors (Lipinski definition) is 1. The van der Waals surface area contributed by atoms with E-state index in [0.717, 1.165) is 5.56 Å². The molecule has 0 unspecified atom stereocenters. The molecule has 1 aromatic rings. The molecule has 1 nitrogen and oxygen atoms in total. The average molecular weight is 167 g/mol. The van der Waals surface area contributed by atoms with Crippen LogP contribution in [0.3, 0.4) is 0 Å². The van der Waals surface area contributed by atoms with Crippen molar-refractivity contribution in [1.29, 1.82) is 0 Å². The molecule has 0 aromatic heterocycles. The highest BCUT2D eigenvalue weighted by molar-refractivity contribution is 5.26. The molecule has 0 aliphatic carbocycles. The van der Waals surface area contributed by atoms with Gasteiger partial charge >= 0.3 is 0 Å². The van der Waals surface area contributed by atoms with Crippen molar-refractivity contribution in [2.75, 3.05) is 6.54 Å². The maximum atomic E-state index is 13.6. The van der Waals surface area contributed by atoms with Gasteiger partial charge in [-0.05, 0) is 19.4 Å². The van der Waals surface area contributed by atoms with Crippen molar-refractivity contribution < 1.29 is 4.39 Å². The minimum absolute atomic E-state index is 0.0239. The standard InChI is InChI=1S/C10H14FN/c1-8-3-5-9(6-4-8)10(2,11)7-12/h3-6H,7,12H2,1-2H3/t10-/m1/s1. The van der Waals surface area contributed by atoms with E-state index in [9.17, 15) is 4.39 Å². The third kappa shape index (κ3) is 1.83. The van der Waals surface area contributed by atoms with Gasteiger partial charge in [0.25, 0.3) is 0 Å². The van der Waals surface area contributed by atoms with Gasteiger partial charge in [0, 0.05) is 6.54 Å². The summed E-state index contributed by atoms with van der Waals surface area (Å²) >= 11 is 0. The number of rotatable bonds is 2. The topological polar surface area (TPSA) is 26.0 Å². The molecule has 0 fully saturated rings. The SMILES string of the molecule is Cc1ccc([C@](C)(F)CN)cc1. The highest BCUT2D eigenvalue weighted by Gasteiger charge is 2.22. The zero-order chi connectivity index (χ0) is 9.19. The average Bonchev–Trinajstić information content (AvgIpc) is 2.05. The maximum absolute atomic E-state index is 13.6. The quantitative estimate of drug-likeness (QED) is 0.717. The van der Waals surface area contributed by atoms with Crippen molar-refractivity contribution in [2.45, 2.75) is 19.5 Å². The lowest BCUT2D eigenvalue weighted by Crippen LogP contribution is -2.26. The number of hydrogen-bond donors (Lipinski definition) is 1. The zero-order valence-electron chi connectivity index (χ0n) is 7.47. The van der Waals surface area contributed by atoms with Gasteiger partial charge < -0.3 is 5.73 Å². The third-order valence-electron chi connectivity index (χ3n) is 2.04. The van der Waals surface area contributed by atoms with Crippen molar-refractivity contribution in [1.82, 2.24) is 0 Å². The Morgan fingerprint density at radius 3 is 2.25 bits per heavy atom. The predicted octanol–water partition coefficient (Wildman–Crippen LogP) is 2.14. The summed E-state index contributed by atoms with van der Waals surface area (Å²) in [5.74, 6) is 0. The van der Waals surface area contributed by atoms with Gasteiger partial charge in [0.15, 0.2) is 0 Å². The second kappa shape index (κ2) is 3.23. The lowest BCUT2D eigenvalue weighted by Gasteiger charge is -2.18. The van der Waals surface area contributed by atoms with Crippen LogP contribution in [0.1, 0.15) is 18.1 Å². The monoisotopic (exact) mass is 167 g/mol. The van der Waals surface area contributed by atoms with Crippen LogP contribution in [0.25, 0.3) is 0 Å². The number of aryl methyl sites for hydroxylation is 1. The summed E-state index contributed by atoms with van der Waals surface area (Å²) in [4.78, 5) is 0. The predicted molar refractivity (Wildman–Crippen MR) is 48.7 cm³/mol. The van der Waals surface area contributed by atoms with E-state index in [0.29, 0.717) is 5.56 Å². The number of alkyl halides is 1. The Morgan fingerprint density at radius 1 is 1.33 bits per heavy atom. The molecule has 0 saturated carbocycles. The van der Waals surface area contributed by atoms with Crippen molar-refractivity contribution in [3.05, 3.63) is 35.4 Å². The van der Waals surface area contributed by atoms with E-state index in [1.807, 2.05) is 19.1 Å². The van der Waals surface area contributed by atoms with Gasteiger partial charge in [0.05, 0.1) is 0 Å². The van der Waals surface area contributed by atoms with Crippen LogP contribution in [0.15, 0.2) is 24.3 Å². The summed E-state index contributed by atoms with van der Waals surface area (Å²) in [6.45, 7) is 3.50. The van der Waals surface area contributed by atoms with Crippen LogP contribution >= 0.6 is 0 Å². The smallest absolute Gasteiger partial charge is 0.145 e. The van der Waals surface area contributed by atoms with Gasteiger partial charge in [-0.25, -0.2) is 4.39 Å². The normalized spacial score (nSPS) is 15.7. The number of nitrogens with two attached hydrogens (primary N) is 1.